The summed E-state index contributed by atoms with van der Waals surface area (Å²) in [7, 11) is -1.56. The summed E-state index contributed by atoms with van der Waals surface area (Å²) in [5.41, 5.74) is 0.547. The first-order chi connectivity index (χ1) is 7.80. The average molecular weight is 314 g/mol. The predicted molar refractivity (Wildman–Crippen MR) is 71.9 cm³/mol. The Bertz CT molecular complexity index is 317. The molecule has 0 bridgehead atoms. The zero-order valence-electron chi connectivity index (χ0n) is 12.0. The van der Waals surface area contributed by atoms with Gasteiger partial charge in [-0.25, -0.2) is 0 Å². The molecule has 18 heavy (non-hydrogen) atoms. The van der Waals surface area contributed by atoms with E-state index >= 15 is 0 Å². The molecule has 0 fully saturated rings. The summed E-state index contributed by atoms with van der Waals surface area (Å²) in [6, 6.07) is 0. The van der Waals surface area contributed by atoms with Gasteiger partial charge in [0.15, 0.2) is 5.97 Å². The number of carbonyl (C=O) groups excluding carboxylic acids is 1. The van der Waals surface area contributed by atoms with Crippen LogP contribution in [0.25, 0.3) is 0 Å². The second-order valence-electron chi connectivity index (χ2n) is 4.68. The topological polar surface area (TPSA) is 35.5 Å². The predicted octanol–water partition coefficient (Wildman–Crippen LogP) is 3.44. The maximum Gasteiger partial charge on any atom is 0.241 e. The van der Waals surface area contributed by atoms with E-state index in [1.54, 1.807) is 13.8 Å². The van der Waals surface area contributed by atoms with Gasteiger partial charge in [-0.3, -0.25) is 6.08 Å². The summed E-state index contributed by atoms with van der Waals surface area (Å²) >= 11 is 0. The first-order valence-electron chi connectivity index (χ1n) is 5.86. The van der Waals surface area contributed by atoms with E-state index in [2.05, 4.69) is 25.7 Å². The Morgan fingerprint density at radius 3 is 2.28 bits per heavy atom. The van der Waals surface area contributed by atoms with E-state index in [1.165, 1.54) is 0 Å². The maximum absolute atomic E-state index is 11.5. The monoisotopic (exact) mass is 313 g/mol. The smallest absolute Gasteiger partial charge is 0.241 e. The molecule has 0 aromatic carbocycles. The van der Waals surface area contributed by atoms with E-state index in [4.69, 9.17) is 9.16 Å². The van der Waals surface area contributed by atoms with Crippen molar-refractivity contribution < 1.29 is 30.4 Å². The Kier molecular flexibility index (Phi) is 10.3. The van der Waals surface area contributed by atoms with Crippen molar-refractivity contribution in [3.05, 3.63) is 23.5 Å². The Hall–Kier alpha value is -0.540. The number of hydrogen-bond donors (Lipinski definition) is 0. The van der Waals surface area contributed by atoms with Crippen LogP contribution in [0.2, 0.25) is 19.6 Å². The molecule has 0 saturated heterocycles. The molecule has 0 aliphatic heterocycles. The fraction of sp³-hybridized carbons (Fsp3) is 0.615. The van der Waals surface area contributed by atoms with Gasteiger partial charge in [-0.1, -0.05) is 0 Å². The van der Waals surface area contributed by atoms with Gasteiger partial charge in [-0.05, 0) is 46.0 Å². The molecule has 0 N–H and O–H groups in total. The van der Waals surface area contributed by atoms with E-state index in [9.17, 15) is 4.79 Å². The molecule has 0 aromatic rings. The third kappa shape index (κ3) is 9.49. The van der Waals surface area contributed by atoms with Gasteiger partial charge in [-0.2, -0.15) is 0 Å². The van der Waals surface area contributed by atoms with Crippen LogP contribution < -0.4 is 0 Å². The first kappa shape index (κ1) is 19.8. The summed E-state index contributed by atoms with van der Waals surface area (Å²) in [6.45, 7) is 12.2. The van der Waals surface area contributed by atoms with Crippen molar-refractivity contribution >= 4 is 14.3 Å². The van der Waals surface area contributed by atoms with E-state index < -0.39 is 8.32 Å². The number of allylic oxidation sites excluding steroid dienone is 3. The number of rotatable bonds is 6. The molecule has 0 unspecified atom stereocenters. The summed E-state index contributed by atoms with van der Waals surface area (Å²) in [4.78, 5) is 11.5. The van der Waals surface area contributed by atoms with Gasteiger partial charge in [0.2, 0.25) is 8.32 Å². The Balaban J connectivity index is 0. The van der Waals surface area contributed by atoms with Gasteiger partial charge in [0.1, 0.15) is 0 Å². The van der Waals surface area contributed by atoms with Crippen molar-refractivity contribution in [3.63, 3.8) is 0 Å². The second kappa shape index (κ2) is 9.40. The minimum absolute atomic E-state index is 0. The van der Waals surface area contributed by atoms with Gasteiger partial charge in [-0.15, -0.1) is 12.5 Å². The minimum atomic E-state index is -1.56. The molecule has 0 rings (SSSR count). The largest absolute Gasteiger partial charge is 0.548 e. The van der Waals surface area contributed by atoms with E-state index in [-0.39, 0.29) is 22.5 Å². The summed E-state index contributed by atoms with van der Waals surface area (Å²) in [5, 5.41) is 0. The first-order valence-corrected chi connectivity index (χ1v) is 9.27. The van der Waals surface area contributed by atoms with Crippen LogP contribution in [0.15, 0.2) is 17.4 Å². The van der Waals surface area contributed by atoms with Gasteiger partial charge >= 0.3 is 0 Å². The quantitative estimate of drug-likeness (QED) is 0.248. The molecule has 0 aliphatic rings. The molecule has 0 heterocycles. The van der Waals surface area contributed by atoms with E-state index in [0.717, 1.165) is 5.76 Å². The zero-order chi connectivity index (χ0) is 13.5. The number of carbonyl (C=O) groups is 1. The van der Waals surface area contributed by atoms with Crippen LogP contribution in [0.1, 0.15) is 27.2 Å². The Morgan fingerprint density at radius 1 is 1.33 bits per heavy atom. The van der Waals surface area contributed by atoms with Gasteiger partial charge in [0, 0.05) is 16.5 Å². The molecule has 5 heteroatoms. The average Bonchev–Trinajstić information content (AvgIpc) is 2.16. The van der Waals surface area contributed by atoms with Crippen molar-refractivity contribution in [2.75, 3.05) is 6.61 Å². The molecule has 0 atom stereocenters. The van der Waals surface area contributed by atoms with Crippen LogP contribution in [0.4, 0.5) is 0 Å². The third-order valence-electron chi connectivity index (χ3n) is 1.88. The zero-order valence-corrected chi connectivity index (χ0v) is 14.0. The van der Waals surface area contributed by atoms with Gasteiger partial charge in [0.05, 0.1) is 12.4 Å². The van der Waals surface area contributed by atoms with E-state index in [0.29, 0.717) is 18.6 Å². The van der Waals surface area contributed by atoms with E-state index in [1.807, 2.05) is 13.0 Å². The second-order valence-corrected chi connectivity index (χ2v) is 9.11. The van der Waals surface area contributed by atoms with Gasteiger partial charge < -0.3 is 14.0 Å². The van der Waals surface area contributed by atoms with Crippen LogP contribution in [-0.2, 0) is 30.4 Å². The molecule has 0 spiro atoms. The standard InChI is InChI=1S/C13H23O3Si.Ni/c1-7-12(13(14)15-8-2)10-9-11(3)16-17(4,5)6;/h9H,8,10H2,1-6H3;/q-1;/b11-9-;. The molecule has 0 saturated carbocycles. The van der Waals surface area contributed by atoms with Crippen LogP contribution in [0.3, 0.4) is 0 Å². The molecule has 108 valence electrons. The Labute approximate surface area is 122 Å². The molecular weight excluding hydrogens is 291 g/mol. The molecule has 0 aromatic heterocycles. The van der Waals surface area contributed by atoms with Crippen LogP contribution in [-0.4, -0.2) is 20.9 Å². The van der Waals surface area contributed by atoms with Crippen molar-refractivity contribution in [1.82, 2.24) is 0 Å². The molecule has 3 nitrogen and oxygen atoms in total. The van der Waals surface area contributed by atoms with Crippen LogP contribution in [0.5, 0.6) is 0 Å². The maximum atomic E-state index is 11.5. The van der Waals surface area contributed by atoms with Crippen molar-refractivity contribution in [1.29, 1.82) is 0 Å². The fourth-order valence-corrected chi connectivity index (χ4v) is 2.33. The number of ether oxygens (including phenoxy) is 1. The molecular formula is C13H23NiO3Si-. The minimum Gasteiger partial charge on any atom is -0.548 e. The number of hydrogen-bond acceptors (Lipinski definition) is 3. The summed E-state index contributed by atoms with van der Waals surface area (Å²) < 4.78 is 10.7. The van der Waals surface area contributed by atoms with Gasteiger partial charge in [0.25, 0.3) is 0 Å². The summed E-state index contributed by atoms with van der Waals surface area (Å²) in [6.07, 6.45) is 5.27. The Morgan fingerprint density at radius 2 is 1.89 bits per heavy atom. The van der Waals surface area contributed by atoms with Crippen LogP contribution >= 0.6 is 0 Å². The molecule has 0 aliphatic carbocycles. The normalized spacial score (nSPS) is 12.8. The van der Waals surface area contributed by atoms with Crippen LogP contribution in [0, 0.1) is 6.08 Å². The fourth-order valence-electron chi connectivity index (χ4n) is 1.28. The van der Waals surface area contributed by atoms with Crippen molar-refractivity contribution in [2.24, 2.45) is 0 Å². The number of esters is 1. The summed E-state index contributed by atoms with van der Waals surface area (Å²) in [5.74, 6) is 0.563. The molecule has 0 radical (unpaired) electrons. The third-order valence-corrected chi connectivity index (χ3v) is 2.82. The molecule has 0 amide bonds. The van der Waals surface area contributed by atoms with Crippen molar-refractivity contribution in [3.8, 4) is 0 Å². The SMILES string of the molecule is C[C-]=C(C/C=C(/C)O[Si](C)(C)C)C(=O)OCC.[Ni]. The van der Waals surface area contributed by atoms with Crippen molar-refractivity contribution in [2.45, 2.75) is 46.8 Å².